The second-order valence-corrected chi connectivity index (χ2v) is 7.91. The van der Waals surface area contributed by atoms with Gasteiger partial charge in [0.2, 0.25) is 0 Å². The SMILES string of the molecule is NCc1ccc2c(c1)N(Cc1nc3sc4c(c3c(=O)[nH]1)CCC4)CCO2. The number of rotatable bonds is 3. The van der Waals surface area contributed by atoms with Crippen molar-refractivity contribution in [3.8, 4) is 5.75 Å². The van der Waals surface area contributed by atoms with Crippen LogP contribution in [0.3, 0.4) is 0 Å². The van der Waals surface area contributed by atoms with Crippen molar-refractivity contribution in [3.63, 3.8) is 0 Å². The molecule has 7 heteroatoms. The molecule has 1 aromatic carbocycles. The molecule has 0 atom stereocenters. The number of anilines is 1. The molecule has 0 radical (unpaired) electrons. The van der Waals surface area contributed by atoms with Gasteiger partial charge in [0.1, 0.15) is 23.0 Å². The normalized spacial score (nSPS) is 15.8. The monoisotopic (exact) mass is 368 g/mol. The fourth-order valence-electron chi connectivity index (χ4n) is 3.91. The number of nitrogens with zero attached hydrogens (tertiary/aromatic N) is 2. The molecule has 3 aromatic rings. The maximum atomic E-state index is 12.7. The van der Waals surface area contributed by atoms with Crippen molar-refractivity contribution in [2.45, 2.75) is 32.4 Å². The van der Waals surface area contributed by atoms with E-state index in [1.165, 1.54) is 10.4 Å². The van der Waals surface area contributed by atoms with Gasteiger partial charge in [0.05, 0.1) is 24.2 Å². The van der Waals surface area contributed by atoms with Gasteiger partial charge in [-0.05, 0) is 42.5 Å². The van der Waals surface area contributed by atoms with Gasteiger partial charge in [0, 0.05) is 11.4 Å². The molecule has 0 saturated heterocycles. The second kappa shape index (κ2) is 6.10. The van der Waals surface area contributed by atoms with Gasteiger partial charge >= 0.3 is 0 Å². The number of nitrogens with one attached hydrogen (secondary N) is 1. The average Bonchev–Trinajstić information content (AvgIpc) is 3.22. The van der Waals surface area contributed by atoms with Crippen molar-refractivity contribution in [1.82, 2.24) is 9.97 Å². The molecule has 0 bridgehead atoms. The highest BCUT2D eigenvalue weighted by Crippen LogP contribution is 2.35. The maximum absolute atomic E-state index is 12.7. The summed E-state index contributed by atoms with van der Waals surface area (Å²) in [4.78, 5) is 24.8. The number of nitrogens with two attached hydrogens (primary N) is 1. The quantitative estimate of drug-likeness (QED) is 0.741. The number of aromatic nitrogens is 2. The highest BCUT2D eigenvalue weighted by Gasteiger charge is 2.23. The predicted molar refractivity (Wildman–Crippen MR) is 103 cm³/mol. The topological polar surface area (TPSA) is 84.2 Å². The van der Waals surface area contributed by atoms with Crippen molar-refractivity contribution >= 4 is 27.2 Å². The summed E-state index contributed by atoms with van der Waals surface area (Å²) in [6.45, 7) is 2.42. The molecular formula is C19H20N4O2S. The molecular weight excluding hydrogens is 348 g/mol. The summed E-state index contributed by atoms with van der Waals surface area (Å²) in [7, 11) is 0. The lowest BCUT2D eigenvalue weighted by Crippen LogP contribution is -2.33. The molecule has 0 fully saturated rings. The smallest absolute Gasteiger partial charge is 0.259 e. The van der Waals surface area contributed by atoms with Crippen LogP contribution < -0.4 is 20.9 Å². The Morgan fingerprint density at radius 2 is 2.27 bits per heavy atom. The molecule has 5 rings (SSSR count). The number of aromatic amines is 1. The van der Waals surface area contributed by atoms with E-state index >= 15 is 0 Å². The Labute approximate surface area is 154 Å². The van der Waals surface area contributed by atoms with Crippen molar-refractivity contribution in [2.24, 2.45) is 5.73 Å². The van der Waals surface area contributed by atoms with Crippen LogP contribution in [0.4, 0.5) is 5.69 Å². The molecule has 2 aliphatic rings. The Morgan fingerprint density at radius 3 is 3.15 bits per heavy atom. The van der Waals surface area contributed by atoms with Gasteiger partial charge in [0.25, 0.3) is 5.56 Å². The zero-order valence-corrected chi connectivity index (χ0v) is 15.2. The standard InChI is InChI=1S/C19H20N4O2S/c20-9-11-4-5-14-13(8-11)23(6-7-25-14)10-16-21-18(24)17-12-2-1-3-15(12)26-19(17)22-16/h4-5,8H,1-3,6-7,9-10,20H2,(H,21,22,24). The van der Waals surface area contributed by atoms with E-state index < -0.39 is 0 Å². The van der Waals surface area contributed by atoms with Crippen molar-refractivity contribution in [1.29, 1.82) is 0 Å². The molecule has 1 aliphatic carbocycles. The Balaban J connectivity index is 1.52. The maximum Gasteiger partial charge on any atom is 0.259 e. The van der Waals surface area contributed by atoms with Gasteiger partial charge < -0.3 is 20.4 Å². The third kappa shape index (κ3) is 2.50. The van der Waals surface area contributed by atoms with Gasteiger partial charge in [-0.25, -0.2) is 4.98 Å². The number of benzene rings is 1. The Kier molecular flexibility index (Phi) is 3.72. The molecule has 0 amide bonds. The van der Waals surface area contributed by atoms with Crippen LogP contribution in [-0.2, 0) is 25.9 Å². The van der Waals surface area contributed by atoms with E-state index in [4.69, 9.17) is 15.5 Å². The summed E-state index contributed by atoms with van der Waals surface area (Å²) in [6.07, 6.45) is 3.22. The fourth-order valence-corrected chi connectivity index (χ4v) is 5.19. The van der Waals surface area contributed by atoms with Crippen LogP contribution in [-0.4, -0.2) is 23.1 Å². The lowest BCUT2D eigenvalue weighted by molar-refractivity contribution is 0.306. The van der Waals surface area contributed by atoms with Crippen LogP contribution in [0.15, 0.2) is 23.0 Å². The fraction of sp³-hybridized carbons (Fsp3) is 0.368. The van der Waals surface area contributed by atoms with Crippen LogP contribution >= 0.6 is 11.3 Å². The van der Waals surface area contributed by atoms with Gasteiger partial charge in [-0.2, -0.15) is 0 Å². The first-order valence-electron chi connectivity index (χ1n) is 8.97. The minimum atomic E-state index is -0.00593. The van der Waals surface area contributed by atoms with E-state index in [0.717, 1.165) is 53.0 Å². The summed E-state index contributed by atoms with van der Waals surface area (Å²) in [5.74, 6) is 1.56. The third-order valence-electron chi connectivity index (χ3n) is 5.18. The lowest BCUT2D eigenvalue weighted by atomic mass is 10.1. The van der Waals surface area contributed by atoms with Gasteiger partial charge in [-0.3, -0.25) is 4.79 Å². The third-order valence-corrected chi connectivity index (χ3v) is 6.37. The van der Waals surface area contributed by atoms with E-state index in [-0.39, 0.29) is 5.56 Å². The highest BCUT2D eigenvalue weighted by molar-refractivity contribution is 7.18. The number of ether oxygens (including phenoxy) is 1. The van der Waals surface area contributed by atoms with Crippen LogP contribution in [0.1, 0.15) is 28.2 Å². The average molecular weight is 368 g/mol. The van der Waals surface area contributed by atoms with E-state index in [2.05, 4.69) is 16.0 Å². The lowest BCUT2D eigenvalue weighted by Gasteiger charge is -2.31. The Hall–Kier alpha value is -2.38. The zero-order chi connectivity index (χ0) is 17.7. The number of thiophene rings is 1. The molecule has 0 unspecified atom stereocenters. The summed E-state index contributed by atoms with van der Waals surface area (Å²) in [6, 6.07) is 6.01. The van der Waals surface area contributed by atoms with Gasteiger partial charge in [-0.15, -0.1) is 11.3 Å². The number of fused-ring (bicyclic) bond motifs is 4. The molecule has 3 heterocycles. The van der Waals surface area contributed by atoms with Crippen LogP contribution in [0.5, 0.6) is 5.75 Å². The molecule has 134 valence electrons. The summed E-state index contributed by atoms with van der Waals surface area (Å²) < 4.78 is 5.75. The molecule has 1 aliphatic heterocycles. The van der Waals surface area contributed by atoms with Crippen LogP contribution in [0, 0.1) is 0 Å². The molecule has 0 spiro atoms. The van der Waals surface area contributed by atoms with E-state index in [1.807, 2.05) is 12.1 Å². The van der Waals surface area contributed by atoms with Crippen molar-refractivity contribution < 1.29 is 4.74 Å². The van der Waals surface area contributed by atoms with Gasteiger partial charge in [0.15, 0.2) is 0 Å². The zero-order valence-electron chi connectivity index (χ0n) is 14.4. The van der Waals surface area contributed by atoms with Crippen LogP contribution in [0.25, 0.3) is 10.2 Å². The number of aryl methyl sites for hydroxylation is 2. The predicted octanol–water partition coefficient (Wildman–Crippen LogP) is 2.33. The summed E-state index contributed by atoms with van der Waals surface area (Å²) >= 11 is 1.68. The number of hydrogen-bond acceptors (Lipinski definition) is 6. The second-order valence-electron chi connectivity index (χ2n) is 6.83. The van der Waals surface area contributed by atoms with Crippen molar-refractivity contribution in [3.05, 3.63) is 50.4 Å². The van der Waals surface area contributed by atoms with E-state index in [9.17, 15) is 4.79 Å². The highest BCUT2D eigenvalue weighted by atomic mass is 32.1. The van der Waals surface area contributed by atoms with E-state index in [0.29, 0.717) is 25.5 Å². The molecule has 3 N–H and O–H groups in total. The van der Waals surface area contributed by atoms with Gasteiger partial charge in [-0.1, -0.05) is 6.07 Å². The number of H-pyrrole nitrogens is 1. The molecule has 2 aromatic heterocycles. The number of hydrogen-bond donors (Lipinski definition) is 2. The first-order chi connectivity index (χ1) is 12.7. The summed E-state index contributed by atoms with van der Waals surface area (Å²) in [5.41, 5.74) is 9.06. The van der Waals surface area contributed by atoms with E-state index in [1.54, 1.807) is 11.3 Å². The first kappa shape index (κ1) is 15.8. The minimum Gasteiger partial charge on any atom is -0.490 e. The first-order valence-corrected chi connectivity index (χ1v) is 9.79. The largest absolute Gasteiger partial charge is 0.490 e. The minimum absolute atomic E-state index is 0.00593. The Bertz CT molecular complexity index is 1060. The van der Waals surface area contributed by atoms with Crippen LogP contribution in [0.2, 0.25) is 0 Å². The molecule has 26 heavy (non-hydrogen) atoms. The van der Waals surface area contributed by atoms with Crippen molar-refractivity contribution in [2.75, 3.05) is 18.1 Å². The Morgan fingerprint density at radius 1 is 1.35 bits per heavy atom. The molecule has 0 saturated carbocycles. The molecule has 6 nitrogen and oxygen atoms in total. The summed E-state index contributed by atoms with van der Waals surface area (Å²) in [5, 5.41) is 0.805.